The lowest BCUT2D eigenvalue weighted by molar-refractivity contribution is 0.799. The number of alkyl halides is 1. The largest absolute Gasteiger partial charge is 0.363 e. The van der Waals surface area contributed by atoms with E-state index in [1.54, 1.807) is 0 Å². The third-order valence-electron chi connectivity index (χ3n) is 3.86. The van der Waals surface area contributed by atoms with Crippen LogP contribution in [0, 0.1) is 0 Å². The number of hydrogen-bond donors (Lipinski definition) is 0. The van der Waals surface area contributed by atoms with Crippen molar-refractivity contribution in [2.75, 3.05) is 4.90 Å². The van der Waals surface area contributed by atoms with Crippen LogP contribution in [0.25, 0.3) is 0 Å². The quantitative estimate of drug-likeness (QED) is 0.532. The molecule has 0 spiro atoms. The van der Waals surface area contributed by atoms with E-state index >= 15 is 0 Å². The molecule has 0 fully saturated rings. The molecule has 0 aliphatic carbocycles. The molecule has 3 aromatic carbocycles. The molecule has 0 aliphatic rings. The van der Waals surface area contributed by atoms with Gasteiger partial charge < -0.3 is 4.90 Å². The van der Waals surface area contributed by atoms with Gasteiger partial charge in [0.2, 0.25) is 0 Å². The van der Waals surface area contributed by atoms with Gasteiger partial charge in [-0.3, -0.25) is 0 Å². The normalized spacial score (nSPS) is 10.5. The van der Waals surface area contributed by atoms with Gasteiger partial charge >= 0.3 is 0 Å². The highest BCUT2D eigenvalue weighted by Crippen LogP contribution is 2.22. The first-order valence-corrected chi connectivity index (χ1v) is 8.36. The second-order valence-electron chi connectivity index (χ2n) is 5.63. The van der Waals surface area contributed by atoms with Gasteiger partial charge in [0.1, 0.15) is 0 Å². The summed E-state index contributed by atoms with van der Waals surface area (Å²) >= 11 is 6.01. The molecule has 0 aliphatic heterocycles. The Labute approximate surface area is 143 Å². The van der Waals surface area contributed by atoms with Crippen LogP contribution in [-0.4, -0.2) is 0 Å². The summed E-state index contributed by atoms with van der Waals surface area (Å²) in [4.78, 5) is 2.39. The molecule has 0 bridgehead atoms. The molecule has 0 radical (unpaired) electrons. The summed E-state index contributed by atoms with van der Waals surface area (Å²) in [5.41, 5.74) is 4.96. The zero-order chi connectivity index (χ0) is 15.9. The van der Waals surface area contributed by atoms with E-state index in [0.717, 1.165) is 18.7 Å². The molecule has 3 aromatic rings. The fourth-order valence-corrected chi connectivity index (χ4v) is 2.85. The van der Waals surface area contributed by atoms with Crippen LogP contribution in [0.3, 0.4) is 0 Å². The summed E-state index contributed by atoms with van der Waals surface area (Å²) in [5.74, 6) is 0.540. The zero-order valence-electron chi connectivity index (χ0n) is 13.0. The minimum absolute atomic E-state index is 0.540. The van der Waals surface area contributed by atoms with Crippen LogP contribution in [0.5, 0.6) is 0 Å². The average molecular weight is 322 g/mol. The van der Waals surface area contributed by atoms with Crippen molar-refractivity contribution in [3.05, 3.63) is 102 Å². The minimum Gasteiger partial charge on any atom is -0.363 e. The summed E-state index contributed by atoms with van der Waals surface area (Å²) in [6.07, 6.45) is 0. The van der Waals surface area contributed by atoms with Gasteiger partial charge in [-0.1, -0.05) is 72.8 Å². The standard InChI is InChI=1S/C21H20ClN/c22-15-20-12-7-13-21(14-20)23(16-18-8-3-1-4-9-18)17-19-10-5-2-6-11-19/h1-14H,15-17H2. The van der Waals surface area contributed by atoms with Gasteiger partial charge in [0, 0.05) is 24.7 Å². The fourth-order valence-electron chi connectivity index (χ4n) is 2.68. The maximum atomic E-state index is 6.01. The fraction of sp³-hybridized carbons (Fsp3) is 0.143. The zero-order valence-corrected chi connectivity index (χ0v) is 13.8. The molecular formula is C21H20ClN. The second-order valence-corrected chi connectivity index (χ2v) is 5.90. The van der Waals surface area contributed by atoms with Gasteiger partial charge in [-0.15, -0.1) is 11.6 Å². The van der Waals surface area contributed by atoms with E-state index in [0.29, 0.717) is 5.88 Å². The summed E-state index contributed by atoms with van der Waals surface area (Å²) < 4.78 is 0. The summed E-state index contributed by atoms with van der Waals surface area (Å²) in [6, 6.07) is 29.6. The summed E-state index contributed by atoms with van der Waals surface area (Å²) in [5, 5.41) is 0. The number of nitrogens with zero attached hydrogens (tertiary/aromatic N) is 1. The highest BCUT2D eigenvalue weighted by Gasteiger charge is 2.09. The van der Waals surface area contributed by atoms with Gasteiger partial charge in [-0.2, -0.15) is 0 Å². The Morgan fingerprint density at radius 3 is 1.65 bits per heavy atom. The molecule has 116 valence electrons. The molecule has 0 saturated carbocycles. The van der Waals surface area contributed by atoms with E-state index in [9.17, 15) is 0 Å². The average Bonchev–Trinajstić information content (AvgIpc) is 2.63. The molecule has 23 heavy (non-hydrogen) atoms. The van der Waals surface area contributed by atoms with Gasteiger partial charge in [-0.05, 0) is 28.8 Å². The number of anilines is 1. The molecule has 3 rings (SSSR count). The van der Waals surface area contributed by atoms with Gasteiger partial charge in [0.15, 0.2) is 0 Å². The van der Waals surface area contributed by atoms with Crippen LogP contribution < -0.4 is 4.90 Å². The molecule has 0 saturated heterocycles. The van der Waals surface area contributed by atoms with Crippen molar-refractivity contribution in [1.82, 2.24) is 0 Å². The maximum absolute atomic E-state index is 6.01. The Morgan fingerprint density at radius 2 is 1.13 bits per heavy atom. The van der Waals surface area contributed by atoms with Crippen LogP contribution in [-0.2, 0) is 19.0 Å². The van der Waals surface area contributed by atoms with Crippen LogP contribution in [0.1, 0.15) is 16.7 Å². The smallest absolute Gasteiger partial charge is 0.0474 e. The van der Waals surface area contributed by atoms with Crippen molar-refractivity contribution >= 4 is 17.3 Å². The third-order valence-corrected chi connectivity index (χ3v) is 4.17. The monoisotopic (exact) mass is 321 g/mol. The lowest BCUT2D eigenvalue weighted by atomic mass is 10.1. The lowest BCUT2D eigenvalue weighted by Crippen LogP contribution is -2.22. The Hall–Kier alpha value is -2.25. The molecule has 0 aromatic heterocycles. The van der Waals surface area contributed by atoms with Gasteiger partial charge in [-0.25, -0.2) is 0 Å². The molecule has 0 amide bonds. The van der Waals surface area contributed by atoms with Crippen molar-refractivity contribution in [1.29, 1.82) is 0 Å². The number of halogens is 1. The predicted molar refractivity (Wildman–Crippen MR) is 98.8 cm³/mol. The molecule has 0 heterocycles. The van der Waals surface area contributed by atoms with E-state index < -0.39 is 0 Å². The predicted octanol–water partition coefficient (Wildman–Crippen LogP) is 5.63. The second kappa shape index (κ2) is 7.85. The maximum Gasteiger partial charge on any atom is 0.0474 e. The first-order chi connectivity index (χ1) is 11.3. The van der Waals surface area contributed by atoms with E-state index in [4.69, 9.17) is 11.6 Å². The molecule has 1 nitrogen and oxygen atoms in total. The first-order valence-electron chi connectivity index (χ1n) is 7.83. The van der Waals surface area contributed by atoms with Crippen molar-refractivity contribution in [3.63, 3.8) is 0 Å². The third kappa shape index (κ3) is 4.37. The molecule has 2 heteroatoms. The van der Waals surface area contributed by atoms with E-state index in [-0.39, 0.29) is 0 Å². The topological polar surface area (TPSA) is 3.24 Å². The highest BCUT2D eigenvalue weighted by atomic mass is 35.5. The molecule has 0 N–H and O–H groups in total. The van der Waals surface area contributed by atoms with Crippen LogP contribution in [0.15, 0.2) is 84.9 Å². The lowest BCUT2D eigenvalue weighted by Gasteiger charge is -2.26. The first kappa shape index (κ1) is 15.6. The van der Waals surface area contributed by atoms with Crippen LogP contribution >= 0.6 is 11.6 Å². The SMILES string of the molecule is ClCc1cccc(N(Cc2ccccc2)Cc2ccccc2)c1. The number of rotatable bonds is 6. The Bertz CT molecular complexity index is 684. The van der Waals surface area contributed by atoms with Crippen LogP contribution in [0.2, 0.25) is 0 Å². The van der Waals surface area contributed by atoms with Crippen LogP contribution in [0.4, 0.5) is 5.69 Å². The van der Waals surface area contributed by atoms with Gasteiger partial charge in [0.05, 0.1) is 0 Å². The number of benzene rings is 3. The highest BCUT2D eigenvalue weighted by molar-refractivity contribution is 6.17. The van der Waals surface area contributed by atoms with Crippen molar-refractivity contribution in [2.24, 2.45) is 0 Å². The van der Waals surface area contributed by atoms with E-state index in [1.165, 1.54) is 16.8 Å². The Kier molecular flexibility index (Phi) is 5.33. The summed E-state index contributed by atoms with van der Waals surface area (Å²) in [6.45, 7) is 1.75. The van der Waals surface area contributed by atoms with E-state index in [1.807, 2.05) is 0 Å². The van der Waals surface area contributed by atoms with Crippen molar-refractivity contribution in [3.8, 4) is 0 Å². The summed E-state index contributed by atoms with van der Waals surface area (Å²) in [7, 11) is 0. The minimum atomic E-state index is 0.540. The Balaban J connectivity index is 1.88. The molecule has 0 atom stereocenters. The molecular weight excluding hydrogens is 302 g/mol. The van der Waals surface area contributed by atoms with Gasteiger partial charge in [0.25, 0.3) is 0 Å². The molecule has 0 unspecified atom stereocenters. The Morgan fingerprint density at radius 1 is 0.609 bits per heavy atom. The van der Waals surface area contributed by atoms with E-state index in [2.05, 4.69) is 89.8 Å². The number of hydrogen-bond acceptors (Lipinski definition) is 1. The van der Waals surface area contributed by atoms with Crippen molar-refractivity contribution < 1.29 is 0 Å². The van der Waals surface area contributed by atoms with Crippen molar-refractivity contribution in [2.45, 2.75) is 19.0 Å².